The molecule has 4 heteroatoms. The maximum atomic E-state index is 13.7. The molecule has 0 atom stereocenters. The Morgan fingerprint density at radius 2 is 2.19 bits per heavy atom. The second-order valence-electron chi connectivity index (χ2n) is 4.28. The maximum Gasteiger partial charge on any atom is 0.170 e. The minimum Gasteiger partial charge on any atom is -0.494 e. The van der Waals surface area contributed by atoms with E-state index in [1.165, 1.54) is 7.11 Å². The van der Waals surface area contributed by atoms with Crippen LogP contribution in [0.25, 0.3) is 0 Å². The van der Waals surface area contributed by atoms with E-state index in [1.807, 2.05) is 6.92 Å². The van der Waals surface area contributed by atoms with Crippen LogP contribution in [0.3, 0.4) is 0 Å². The first kappa shape index (κ1) is 11.4. The summed E-state index contributed by atoms with van der Waals surface area (Å²) >= 11 is 0. The first-order valence-corrected chi connectivity index (χ1v) is 5.31. The van der Waals surface area contributed by atoms with Crippen molar-refractivity contribution in [3.8, 4) is 5.75 Å². The second-order valence-corrected chi connectivity index (χ2v) is 4.28. The van der Waals surface area contributed by atoms with E-state index in [4.69, 9.17) is 9.47 Å². The van der Waals surface area contributed by atoms with Crippen molar-refractivity contribution in [2.75, 3.05) is 20.2 Å². The standard InChI is InChI=1S/C12H16FNO2/c1-12(7-14-8-12)16-6-9-4-3-5-10(15-2)11(9)13/h3-5,14H,6-8H2,1-2H3. The summed E-state index contributed by atoms with van der Waals surface area (Å²) in [6.07, 6.45) is 0. The molecule has 88 valence electrons. The third-order valence-corrected chi connectivity index (χ3v) is 2.84. The summed E-state index contributed by atoms with van der Waals surface area (Å²) in [6.45, 7) is 3.93. The molecule has 1 N–H and O–H groups in total. The van der Waals surface area contributed by atoms with Crippen LogP contribution in [0.1, 0.15) is 12.5 Å². The van der Waals surface area contributed by atoms with Crippen molar-refractivity contribution in [2.45, 2.75) is 19.1 Å². The molecule has 3 nitrogen and oxygen atoms in total. The van der Waals surface area contributed by atoms with E-state index in [0.717, 1.165) is 13.1 Å². The van der Waals surface area contributed by atoms with Gasteiger partial charge in [-0.15, -0.1) is 0 Å². The highest BCUT2D eigenvalue weighted by Gasteiger charge is 2.32. The third-order valence-electron chi connectivity index (χ3n) is 2.84. The SMILES string of the molecule is COc1cccc(COC2(C)CNC2)c1F. The second kappa shape index (κ2) is 4.39. The minimum atomic E-state index is -0.333. The quantitative estimate of drug-likeness (QED) is 0.846. The van der Waals surface area contributed by atoms with Gasteiger partial charge in [-0.1, -0.05) is 12.1 Å². The molecule has 0 saturated carbocycles. The van der Waals surface area contributed by atoms with Crippen LogP contribution in [0.5, 0.6) is 5.75 Å². The molecular formula is C12H16FNO2. The summed E-state index contributed by atoms with van der Waals surface area (Å²) in [6, 6.07) is 5.08. The molecule has 1 heterocycles. The summed E-state index contributed by atoms with van der Waals surface area (Å²) in [5, 5.41) is 3.13. The van der Waals surface area contributed by atoms with E-state index in [1.54, 1.807) is 18.2 Å². The number of rotatable bonds is 4. The summed E-state index contributed by atoms with van der Waals surface area (Å²) in [5.41, 5.74) is 0.377. The molecule has 1 fully saturated rings. The van der Waals surface area contributed by atoms with Crippen molar-refractivity contribution < 1.29 is 13.9 Å². The van der Waals surface area contributed by atoms with Crippen LogP contribution in [0.2, 0.25) is 0 Å². The highest BCUT2D eigenvalue weighted by atomic mass is 19.1. The summed E-state index contributed by atoms with van der Waals surface area (Å²) < 4.78 is 24.3. The number of halogens is 1. The number of nitrogens with one attached hydrogen (secondary N) is 1. The predicted octanol–water partition coefficient (Wildman–Crippen LogP) is 1.71. The average molecular weight is 225 g/mol. The lowest BCUT2D eigenvalue weighted by Crippen LogP contribution is -2.58. The lowest BCUT2D eigenvalue weighted by atomic mass is 10.00. The maximum absolute atomic E-state index is 13.7. The van der Waals surface area contributed by atoms with Crippen LogP contribution in [0.4, 0.5) is 4.39 Å². The van der Waals surface area contributed by atoms with Crippen molar-refractivity contribution in [3.63, 3.8) is 0 Å². The Hall–Kier alpha value is -1.13. The zero-order chi connectivity index (χ0) is 11.6. The van der Waals surface area contributed by atoms with Gasteiger partial charge in [0.15, 0.2) is 11.6 Å². The zero-order valence-electron chi connectivity index (χ0n) is 9.55. The van der Waals surface area contributed by atoms with Gasteiger partial charge in [0.1, 0.15) is 0 Å². The van der Waals surface area contributed by atoms with Gasteiger partial charge in [-0.3, -0.25) is 0 Å². The number of hydrogen-bond donors (Lipinski definition) is 1. The largest absolute Gasteiger partial charge is 0.494 e. The normalized spacial score (nSPS) is 17.9. The number of benzene rings is 1. The van der Waals surface area contributed by atoms with Crippen molar-refractivity contribution >= 4 is 0 Å². The van der Waals surface area contributed by atoms with Crippen molar-refractivity contribution in [3.05, 3.63) is 29.6 Å². The van der Waals surface area contributed by atoms with Gasteiger partial charge < -0.3 is 14.8 Å². The fraction of sp³-hybridized carbons (Fsp3) is 0.500. The van der Waals surface area contributed by atoms with E-state index in [0.29, 0.717) is 5.56 Å². The summed E-state index contributed by atoms with van der Waals surface area (Å²) in [7, 11) is 1.46. The fourth-order valence-electron chi connectivity index (χ4n) is 1.66. The lowest BCUT2D eigenvalue weighted by Gasteiger charge is -2.39. The first-order valence-electron chi connectivity index (χ1n) is 5.31. The van der Waals surface area contributed by atoms with Gasteiger partial charge in [0.25, 0.3) is 0 Å². The molecule has 0 bridgehead atoms. The van der Waals surface area contributed by atoms with Crippen LogP contribution in [0.15, 0.2) is 18.2 Å². The Kier molecular flexibility index (Phi) is 3.12. The van der Waals surface area contributed by atoms with Gasteiger partial charge in [-0.2, -0.15) is 0 Å². The van der Waals surface area contributed by atoms with Crippen molar-refractivity contribution in [1.82, 2.24) is 5.32 Å². The summed E-state index contributed by atoms with van der Waals surface area (Å²) in [4.78, 5) is 0. The Bertz CT molecular complexity index is 377. The average Bonchev–Trinajstić information content (AvgIpc) is 2.25. The first-order chi connectivity index (χ1) is 7.64. The molecule has 0 radical (unpaired) electrons. The lowest BCUT2D eigenvalue weighted by molar-refractivity contribution is -0.0775. The monoisotopic (exact) mass is 225 g/mol. The number of methoxy groups -OCH3 is 1. The fourth-order valence-corrected chi connectivity index (χ4v) is 1.66. The number of hydrogen-bond acceptors (Lipinski definition) is 3. The van der Waals surface area contributed by atoms with E-state index < -0.39 is 0 Å². The topological polar surface area (TPSA) is 30.5 Å². The highest BCUT2D eigenvalue weighted by molar-refractivity contribution is 5.30. The Morgan fingerprint density at radius 1 is 1.44 bits per heavy atom. The van der Waals surface area contributed by atoms with Crippen LogP contribution >= 0.6 is 0 Å². The summed E-state index contributed by atoms with van der Waals surface area (Å²) in [5.74, 6) is -0.0705. The molecule has 0 amide bonds. The zero-order valence-corrected chi connectivity index (χ0v) is 9.55. The molecule has 2 rings (SSSR count). The third kappa shape index (κ3) is 2.18. The smallest absolute Gasteiger partial charge is 0.170 e. The van der Waals surface area contributed by atoms with Crippen LogP contribution in [-0.2, 0) is 11.3 Å². The highest BCUT2D eigenvalue weighted by Crippen LogP contribution is 2.23. The molecule has 1 saturated heterocycles. The Labute approximate surface area is 94.6 Å². The van der Waals surface area contributed by atoms with Gasteiger partial charge in [-0.05, 0) is 13.0 Å². The van der Waals surface area contributed by atoms with Gasteiger partial charge in [0, 0.05) is 18.7 Å². The van der Waals surface area contributed by atoms with Gasteiger partial charge in [-0.25, -0.2) is 4.39 Å². The molecule has 0 spiro atoms. The molecule has 0 aliphatic carbocycles. The van der Waals surface area contributed by atoms with Crippen LogP contribution in [-0.4, -0.2) is 25.8 Å². The van der Waals surface area contributed by atoms with Crippen LogP contribution < -0.4 is 10.1 Å². The molecule has 16 heavy (non-hydrogen) atoms. The minimum absolute atomic E-state index is 0.157. The van der Waals surface area contributed by atoms with Gasteiger partial charge >= 0.3 is 0 Å². The number of ether oxygens (including phenoxy) is 2. The Morgan fingerprint density at radius 3 is 2.75 bits per heavy atom. The van der Waals surface area contributed by atoms with Gasteiger partial charge in [0.05, 0.1) is 19.3 Å². The Balaban J connectivity index is 2.03. The van der Waals surface area contributed by atoms with Crippen molar-refractivity contribution in [1.29, 1.82) is 0 Å². The van der Waals surface area contributed by atoms with Gasteiger partial charge in [0.2, 0.25) is 0 Å². The molecule has 0 aromatic heterocycles. The van der Waals surface area contributed by atoms with E-state index in [9.17, 15) is 4.39 Å². The molecule has 1 aliphatic heterocycles. The molecule has 1 aliphatic rings. The molecule has 1 aromatic rings. The molecule has 1 aromatic carbocycles. The van der Waals surface area contributed by atoms with E-state index >= 15 is 0 Å². The van der Waals surface area contributed by atoms with E-state index in [2.05, 4.69) is 5.32 Å². The molecular weight excluding hydrogens is 209 g/mol. The van der Waals surface area contributed by atoms with Crippen molar-refractivity contribution in [2.24, 2.45) is 0 Å². The van der Waals surface area contributed by atoms with Crippen LogP contribution in [0, 0.1) is 5.82 Å². The van der Waals surface area contributed by atoms with E-state index in [-0.39, 0.29) is 23.8 Å². The predicted molar refractivity (Wildman–Crippen MR) is 59.0 cm³/mol. The molecule has 0 unspecified atom stereocenters.